The lowest BCUT2D eigenvalue weighted by atomic mass is 9.90. The summed E-state index contributed by atoms with van der Waals surface area (Å²) in [5.74, 6) is 1.53. The molecule has 2 heterocycles. The minimum Gasteiger partial charge on any atom is -0.492 e. The smallest absolute Gasteiger partial charge is 0.304 e. The molecule has 2 aliphatic rings. The molecule has 0 amide bonds. The first kappa shape index (κ1) is 21.4. The minimum absolute atomic E-state index is 0.0760. The van der Waals surface area contributed by atoms with E-state index < -0.39 is 5.97 Å². The first-order chi connectivity index (χ1) is 15.9. The Bertz CT molecular complexity index is 1230. The molecule has 3 aromatic rings. The summed E-state index contributed by atoms with van der Waals surface area (Å²) >= 11 is 0. The number of ether oxygens (including phenoxy) is 3. The van der Waals surface area contributed by atoms with Crippen LogP contribution in [-0.2, 0) is 17.8 Å². The van der Waals surface area contributed by atoms with Crippen molar-refractivity contribution in [1.82, 2.24) is 0 Å². The number of benzene rings is 3. The fourth-order valence-corrected chi connectivity index (χ4v) is 5.05. The molecule has 1 unspecified atom stereocenters. The molecular weight excluding hydrogens is 416 g/mol. The molecule has 3 aromatic carbocycles. The molecule has 0 spiro atoms. The average molecular weight is 445 g/mol. The molecule has 0 bridgehead atoms. The van der Waals surface area contributed by atoms with Gasteiger partial charge in [-0.2, -0.15) is 0 Å². The third-order valence-electron chi connectivity index (χ3n) is 6.59. The third-order valence-corrected chi connectivity index (χ3v) is 6.59. The van der Waals surface area contributed by atoms with Gasteiger partial charge in [-0.25, -0.2) is 0 Å². The molecule has 0 fully saturated rings. The number of rotatable bonds is 6. The Morgan fingerprint density at radius 1 is 1.12 bits per heavy atom. The molecule has 0 aliphatic carbocycles. The number of hydrogen-bond acceptors (Lipinski definition) is 4. The molecular formula is C28H28O5. The van der Waals surface area contributed by atoms with Crippen LogP contribution >= 0.6 is 0 Å². The fourth-order valence-electron chi connectivity index (χ4n) is 5.05. The van der Waals surface area contributed by atoms with Crippen LogP contribution in [0, 0.1) is 13.8 Å². The lowest BCUT2D eigenvalue weighted by Gasteiger charge is -2.15. The van der Waals surface area contributed by atoms with Gasteiger partial charge in [0.2, 0.25) is 0 Å². The zero-order valence-electron chi connectivity index (χ0n) is 19.2. The summed E-state index contributed by atoms with van der Waals surface area (Å²) in [5.41, 5.74) is 8.29. The Hall–Kier alpha value is -3.47. The molecule has 0 saturated carbocycles. The third kappa shape index (κ3) is 4.15. The van der Waals surface area contributed by atoms with Crippen LogP contribution in [-0.4, -0.2) is 23.8 Å². The van der Waals surface area contributed by atoms with Gasteiger partial charge in [-0.15, -0.1) is 0 Å². The van der Waals surface area contributed by atoms with Gasteiger partial charge in [-0.05, 0) is 66.8 Å². The SMILES string of the molecule is Cc1cc2c(c(C)c1-c1cccc(COc3ccc4c(c3)OC[C@H]4CC(=O)O)c1)CC(C)O2. The lowest BCUT2D eigenvalue weighted by Crippen LogP contribution is -2.07. The van der Waals surface area contributed by atoms with Gasteiger partial charge < -0.3 is 19.3 Å². The molecule has 2 atom stereocenters. The minimum atomic E-state index is -0.812. The number of fused-ring (bicyclic) bond motifs is 2. The van der Waals surface area contributed by atoms with Crippen molar-refractivity contribution in [1.29, 1.82) is 0 Å². The Labute approximate surface area is 193 Å². The van der Waals surface area contributed by atoms with E-state index in [1.54, 1.807) is 0 Å². The van der Waals surface area contributed by atoms with Crippen molar-refractivity contribution >= 4 is 5.97 Å². The van der Waals surface area contributed by atoms with Crippen molar-refractivity contribution in [2.75, 3.05) is 6.61 Å². The van der Waals surface area contributed by atoms with Crippen LogP contribution in [0.4, 0.5) is 0 Å². The Kier molecular flexibility index (Phi) is 5.49. The van der Waals surface area contributed by atoms with Crippen LogP contribution in [0.2, 0.25) is 0 Å². The number of carbonyl (C=O) groups is 1. The van der Waals surface area contributed by atoms with E-state index in [-0.39, 0.29) is 18.4 Å². The molecule has 33 heavy (non-hydrogen) atoms. The molecule has 5 rings (SSSR count). The highest BCUT2D eigenvalue weighted by molar-refractivity contribution is 5.75. The van der Waals surface area contributed by atoms with E-state index in [0.29, 0.717) is 24.7 Å². The highest BCUT2D eigenvalue weighted by Gasteiger charge is 2.27. The number of carboxylic acid groups (broad SMARTS) is 1. The van der Waals surface area contributed by atoms with Crippen molar-refractivity contribution in [2.24, 2.45) is 0 Å². The Morgan fingerprint density at radius 2 is 1.97 bits per heavy atom. The van der Waals surface area contributed by atoms with Crippen molar-refractivity contribution in [2.45, 2.75) is 52.2 Å². The van der Waals surface area contributed by atoms with Crippen molar-refractivity contribution < 1.29 is 24.1 Å². The summed E-state index contributed by atoms with van der Waals surface area (Å²) in [4.78, 5) is 11.0. The van der Waals surface area contributed by atoms with E-state index in [4.69, 9.17) is 19.3 Å². The molecule has 2 aliphatic heterocycles. The van der Waals surface area contributed by atoms with Crippen LogP contribution in [0.15, 0.2) is 48.5 Å². The second-order valence-electron chi connectivity index (χ2n) is 9.10. The van der Waals surface area contributed by atoms with Crippen molar-refractivity contribution in [3.63, 3.8) is 0 Å². The monoisotopic (exact) mass is 444 g/mol. The standard InChI is InChI=1S/C28H28O5/c1-16-9-26-24(10-17(2)33-26)18(3)28(16)20-6-4-5-19(11-20)14-31-22-7-8-23-21(12-27(29)30)15-32-25(23)13-22/h4-9,11,13,17,21H,10,12,14-15H2,1-3H3,(H,29,30)/t17?,21-/m1/s1. The molecule has 0 radical (unpaired) electrons. The average Bonchev–Trinajstić information content (AvgIpc) is 3.35. The molecule has 170 valence electrons. The van der Waals surface area contributed by atoms with Crippen molar-refractivity contribution in [3.05, 3.63) is 76.3 Å². The van der Waals surface area contributed by atoms with E-state index in [1.165, 1.54) is 27.8 Å². The zero-order chi connectivity index (χ0) is 23.1. The van der Waals surface area contributed by atoms with Gasteiger partial charge in [0.25, 0.3) is 0 Å². The maximum absolute atomic E-state index is 11.0. The van der Waals surface area contributed by atoms with Gasteiger partial charge in [0, 0.05) is 29.5 Å². The number of aliphatic carboxylic acids is 1. The van der Waals surface area contributed by atoms with E-state index in [9.17, 15) is 4.79 Å². The number of aryl methyl sites for hydroxylation is 1. The maximum Gasteiger partial charge on any atom is 0.304 e. The van der Waals surface area contributed by atoms with E-state index in [1.807, 2.05) is 18.2 Å². The molecule has 5 nitrogen and oxygen atoms in total. The highest BCUT2D eigenvalue weighted by Crippen LogP contribution is 2.40. The second kappa shape index (κ2) is 8.47. The van der Waals surface area contributed by atoms with Crippen LogP contribution in [0.5, 0.6) is 17.2 Å². The van der Waals surface area contributed by atoms with Crippen LogP contribution < -0.4 is 14.2 Å². The quantitative estimate of drug-likeness (QED) is 0.519. The summed E-state index contributed by atoms with van der Waals surface area (Å²) < 4.78 is 17.7. The summed E-state index contributed by atoms with van der Waals surface area (Å²) in [5, 5.41) is 9.07. The van der Waals surface area contributed by atoms with Gasteiger partial charge in [0.05, 0.1) is 13.0 Å². The van der Waals surface area contributed by atoms with E-state index in [0.717, 1.165) is 23.3 Å². The number of hydrogen-bond donors (Lipinski definition) is 1. The molecule has 0 aromatic heterocycles. The van der Waals surface area contributed by atoms with Gasteiger partial charge in [-0.1, -0.05) is 24.3 Å². The van der Waals surface area contributed by atoms with Gasteiger partial charge in [0.1, 0.15) is 30.0 Å². The van der Waals surface area contributed by atoms with E-state index >= 15 is 0 Å². The molecule has 5 heteroatoms. The van der Waals surface area contributed by atoms with Crippen LogP contribution in [0.25, 0.3) is 11.1 Å². The topological polar surface area (TPSA) is 65.0 Å². The van der Waals surface area contributed by atoms with Gasteiger partial charge >= 0.3 is 5.97 Å². The first-order valence-electron chi connectivity index (χ1n) is 11.4. The number of carboxylic acids is 1. The predicted octanol–water partition coefficient (Wildman–Crippen LogP) is 5.82. The van der Waals surface area contributed by atoms with Crippen LogP contribution in [0.1, 0.15) is 47.1 Å². The first-order valence-corrected chi connectivity index (χ1v) is 11.4. The van der Waals surface area contributed by atoms with Crippen molar-refractivity contribution in [3.8, 4) is 28.4 Å². The van der Waals surface area contributed by atoms with Gasteiger partial charge in [-0.3, -0.25) is 4.79 Å². The Balaban J connectivity index is 1.34. The summed E-state index contributed by atoms with van der Waals surface area (Å²) in [6.45, 7) is 7.28. The van der Waals surface area contributed by atoms with E-state index in [2.05, 4.69) is 51.1 Å². The maximum atomic E-state index is 11.0. The molecule has 0 saturated heterocycles. The predicted molar refractivity (Wildman–Crippen MR) is 126 cm³/mol. The highest BCUT2D eigenvalue weighted by atomic mass is 16.5. The summed E-state index contributed by atoms with van der Waals surface area (Å²) in [6, 6.07) is 16.3. The Morgan fingerprint density at radius 3 is 2.79 bits per heavy atom. The lowest BCUT2D eigenvalue weighted by molar-refractivity contribution is -0.137. The largest absolute Gasteiger partial charge is 0.492 e. The van der Waals surface area contributed by atoms with Crippen LogP contribution in [0.3, 0.4) is 0 Å². The summed E-state index contributed by atoms with van der Waals surface area (Å²) in [7, 11) is 0. The molecule has 1 N–H and O–H groups in total. The fraction of sp³-hybridized carbons (Fsp3) is 0.321. The summed E-state index contributed by atoms with van der Waals surface area (Å²) in [6.07, 6.45) is 1.25. The normalized spacial score (nSPS) is 18.3. The zero-order valence-corrected chi connectivity index (χ0v) is 19.2. The van der Waals surface area contributed by atoms with Gasteiger partial charge in [0.15, 0.2) is 0 Å². The second-order valence-corrected chi connectivity index (χ2v) is 9.10.